The topological polar surface area (TPSA) is 111 Å². The van der Waals surface area contributed by atoms with E-state index in [-0.39, 0.29) is 31.5 Å². The van der Waals surface area contributed by atoms with Gasteiger partial charge in [0.15, 0.2) is 0 Å². The summed E-state index contributed by atoms with van der Waals surface area (Å²) in [6.07, 6.45) is 74.1. The van der Waals surface area contributed by atoms with Crippen LogP contribution in [0, 0.1) is 0 Å². The first-order valence-electron chi connectivity index (χ1n) is 34.0. The average molecular weight is 1130 g/mol. The molecule has 0 aliphatic carbocycles. The fourth-order valence-electron chi connectivity index (χ4n) is 9.97. The number of amides is 1. The summed E-state index contributed by atoms with van der Waals surface area (Å²) in [4.78, 5) is 37.8. The summed E-state index contributed by atoms with van der Waals surface area (Å²) in [6.45, 7) is 7.00. The van der Waals surface area contributed by atoms with Crippen LogP contribution in [0.5, 0.6) is 0 Å². The van der Waals surface area contributed by atoms with Crippen molar-refractivity contribution < 1.29 is 37.3 Å². The molecule has 3 unspecified atom stereocenters. The highest BCUT2D eigenvalue weighted by molar-refractivity contribution is 7.47. The maximum absolute atomic E-state index is 13.6. The summed E-state index contributed by atoms with van der Waals surface area (Å²) in [7, 11) is 1.50. The van der Waals surface area contributed by atoms with Crippen LogP contribution in [0.4, 0.5) is 0 Å². The molecule has 79 heavy (non-hydrogen) atoms. The second-order valence-electron chi connectivity index (χ2n) is 24.3. The molecule has 0 fully saturated rings. The van der Waals surface area contributed by atoms with Crippen LogP contribution in [0.3, 0.4) is 0 Å². The number of unbranched alkanes of at least 4 members (excludes halogenated alkanes) is 40. The lowest BCUT2D eigenvalue weighted by Gasteiger charge is -2.27. The fourth-order valence-corrected chi connectivity index (χ4v) is 10.7. The van der Waals surface area contributed by atoms with Crippen LogP contribution < -0.4 is 5.32 Å². The van der Waals surface area contributed by atoms with Crippen LogP contribution in [0.2, 0.25) is 0 Å². The number of hydrogen-bond donors (Lipinski definition) is 2. The van der Waals surface area contributed by atoms with E-state index in [4.69, 9.17) is 13.8 Å². The summed E-state index contributed by atoms with van der Waals surface area (Å²) in [6, 6.07) is -0.848. The lowest BCUT2D eigenvalue weighted by molar-refractivity contribution is -0.870. The monoisotopic (exact) mass is 1130 g/mol. The maximum Gasteiger partial charge on any atom is 0.472 e. The summed E-state index contributed by atoms with van der Waals surface area (Å²) >= 11 is 0. The normalized spacial score (nSPS) is 13.9. The van der Waals surface area contributed by atoms with Gasteiger partial charge in [-0.2, -0.15) is 0 Å². The number of quaternary nitrogens is 1. The molecular formula is C69H132N2O7P+. The van der Waals surface area contributed by atoms with Gasteiger partial charge in [-0.25, -0.2) is 4.57 Å². The van der Waals surface area contributed by atoms with E-state index < -0.39 is 20.0 Å². The van der Waals surface area contributed by atoms with Crippen molar-refractivity contribution in [2.45, 2.75) is 341 Å². The van der Waals surface area contributed by atoms with Crippen LogP contribution in [0.1, 0.15) is 329 Å². The number of carbonyl (C=O) groups is 2. The predicted molar refractivity (Wildman–Crippen MR) is 342 cm³/mol. The molecule has 0 heterocycles. The predicted octanol–water partition coefficient (Wildman–Crippen LogP) is 21.2. The third kappa shape index (κ3) is 60.4. The molecule has 3 atom stereocenters. The minimum absolute atomic E-state index is 0.0410. The third-order valence-electron chi connectivity index (χ3n) is 15.2. The highest BCUT2D eigenvalue weighted by Crippen LogP contribution is 2.43. The Balaban J connectivity index is 4.97. The molecule has 0 saturated carbocycles. The largest absolute Gasteiger partial charge is 0.472 e. The van der Waals surface area contributed by atoms with Crippen molar-refractivity contribution in [2.24, 2.45) is 0 Å². The number of carbonyl (C=O) groups excluding carboxylic acids is 2. The summed E-state index contributed by atoms with van der Waals surface area (Å²) in [5, 5.41) is 3.07. The van der Waals surface area contributed by atoms with Crippen molar-refractivity contribution >= 4 is 19.7 Å². The van der Waals surface area contributed by atoms with Crippen molar-refractivity contribution in [3.05, 3.63) is 48.6 Å². The number of hydrogen-bond acceptors (Lipinski definition) is 6. The van der Waals surface area contributed by atoms with Gasteiger partial charge in [0.2, 0.25) is 5.91 Å². The first-order valence-corrected chi connectivity index (χ1v) is 35.5. The van der Waals surface area contributed by atoms with Crippen LogP contribution in [-0.4, -0.2) is 74.3 Å². The second-order valence-corrected chi connectivity index (χ2v) is 25.8. The number of ether oxygens (including phenoxy) is 1. The maximum atomic E-state index is 13.6. The van der Waals surface area contributed by atoms with E-state index in [1.807, 2.05) is 33.3 Å². The molecule has 0 bridgehead atoms. The average Bonchev–Trinajstić information content (AvgIpc) is 3.41. The van der Waals surface area contributed by atoms with Crippen molar-refractivity contribution in [3.63, 3.8) is 0 Å². The van der Waals surface area contributed by atoms with Crippen molar-refractivity contribution in [1.29, 1.82) is 0 Å². The first-order chi connectivity index (χ1) is 38.4. The number of allylic oxidation sites excluding steroid dienone is 7. The molecule has 2 N–H and O–H groups in total. The van der Waals surface area contributed by atoms with Crippen molar-refractivity contribution in [3.8, 4) is 0 Å². The molecule has 0 aromatic heterocycles. The zero-order valence-corrected chi connectivity index (χ0v) is 54.0. The molecule has 464 valence electrons. The Labute approximate surface area is 490 Å². The molecular weight excluding hydrogens is 1000 g/mol. The van der Waals surface area contributed by atoms with Crippen LogP contribution in [0.15, 0.2) is 48.6 Å². The molecule has 10 heteroatoms. The van der Waals surface area contributed by atoms with Gasteiger partial charge in [-0.05, 0) is 89.5 Å². The lowest BCUT2D eigenvalue weighted by atomic mass is 10.0. The summed E-state index contributed by atoms with van der Waals surface area (Å²) < 4.78 is 30.7. The Morgan fingerprint density at radius 1 is 0.443 bits per heavy atom. The Morgan fingerprint density at radius 2 is 0.772 bits per heavy atom. The molecule has 1 amide bonds. The zero-order valence-electron chi connectivity index (χ0n) is 53.1. The Kier molecular flexibility index (Phi) is 57.6. The van der Waals surface area contributed by atoms with Gasteiger partial charge in [-0.3, -0.25) is 18.6 Å². The smallest absolute Gasteiger partial charge is 0.456 e. The minimum Gasteiger partial charge on any atom is -0.456 e. The molecule has 0 spiro atoms. The highest BCUT2D eigenvalue weighted by atomic mass is 31.2. The van der Waals surface area contributed by atoms with Gasteiger partial charge in [0.05, 0.1) is 33.8 Å². The van der Waals surface area contributed by atoms with Gasteiger partial charge in [-0.15, -0.1) is 0 Å². The molecule has 0 radical (unpaired) electrons. The molecule has 0 aromatic carbocycles. The Bertz CT molecular complexity index is 1490. The molecule has 0 aliphatic heterocycles. The number of phosphoric acid groups is 1. The van der Waals surface area contributed by atoms with Gasteiger partial charge >= 0.3 is 13.8 Å². The van der Waals surface area contributed by atoms with Gasteiger partial charge in [0, 0.05) is 12.8 Å². The van der Waals surface area contributed by atoms with E-state index in [1.54, 1.807) is 0 Å². The van der Waals surface area contributed by atoms with Gasteiger partial charge in [0.1, 0.15) is 19.3 Å². The Morgan fingerprint density at radius 3 is 1.19 bits per heavy atom. The molecule has 0 aliphatic rings. The first kappa shape index (κ1) is 77.0. The second kappa shape index (κ2) is 59.1. The number of phosphoric ester groups is 1. The highest BCUT2D eigenvalue weighted by Gasteiger charge is 2.30. The minimum atomic E-state index is -4.45. The van der Waals surface area contributed by atoms with E-state index in [1.165, 1.54) is 231 Å². The van der Waals surface area contributed by atoms with E-state index in [9.17, 15) is 19.0 Å². The SMILES string of the molecule is CCCCC/C=C\C/C=C\CCCCCCCCCCCCCCCCCCCC(=O)NC(COP(=O)(O)OCC[N+](C)(C)C)C(/C=C\CCCCCCCCCCC)OC(=O)CCCCCCCCC/C=C\CCCCCC. The van der Waals surface area contributed by atoms with E-state index >= 15 is 0 Å². The van der Waals surface area contributed by atoms with Crippen molar-refractivity contribution in [1.82, 2.24) is 5.32 Å². The number of nitrogens with zero attached hydrogens (tertiary/aromatic N) is 1. The third-order valence-corrected chi connectivity index (χ3v) is 16.2. The lowest BCUT2D eigenvalue weighted by Crippen LogP contribution is -2.47. The number of nitrogens with one attached hydrogen (secondary N) is 1. The molecule has 0 rings (SSSR count). The molecule has 0 saturated heterocycles. The van der Waals surface area contributed by atoms with Gasteiger partial charge < -0.3 is 19.4 Å². The number of esters is 1. The Hall–Kier alpha value is -2.03. The molecule has 9 nitrogen and oxygen atoms in total. The summed E-state index contributed by atoms with van der Waals surface area (Å²) in [5.41, 5.74) is 0. The molecule has 0 aromatic rings. The van der Waals surface area contributed by atoms with Gasteiger partial charge in [0.25, 0.3) is 0 Å². The number of likely N-dealkylation sites (N-methyl/N-ethyl adjacent to an activating group) is 1. The van der Waals surface area contributed by atoms with Crippen molar-refractivity contribution in [2.75, 3.05) is 40.9 Å². The van der Waals surface area contributed by atoms with Crippen LogP contribution in [0.25, 0.3) is 0 Å². The van der Waals surface area contributed by atoms with E-state index in [0.717, 1.165) is 64.2 Å². The fraction of sp³-hybridized carbons (Fsp3) is 0.855. The van der Waals surface area contributed by atoms with Gasteiger partial charge in [-0.1, -0.05) is 275 Å². The summed E-state index contributed by atoms with van der Waals surface area (Å²) in [5.74, 6) is -0.498. The quantitative estimate of drug-likeness (QED) is 0.0205. The van der Waals surface area contributed by atoms with Crippen LogP contribution in [-0.2, 0) is 27.9 Å². The van der Waals surface area contributed by atoms with E-state index in [2.05, 4.69) is 62.5 Å². The standard InChI is InChI=1S/C69H131N2O7P/c1-7-10-13-16-19-22-25-27-29-30-31-32-33-34-35-36-37-38-39-40-42-43-46-49-52-55-58-61-68(72)70-66(65-77-79(74,75)76-64-63-71(4,5)6)67(60-57-54-51-48-45-24-21-18-15-12-9-3)78-69(73)62-59-56-53-50-47-44-41-28-26-23-20-17-14-11-8-2/h19,22-23,26-27,29,57,60,66-67H,7-18,20-21,24-25,28,30-56,58-59,61-65H2,1-6H3,(H-,70,72,74,75)/p+1/b22-19-,26-23-,29-27-,60-57-. The van der Waals surface area contributed by atoms with E-state index in [0.29, 0.717) is 17.4 Å². The number of rotatable bonds is 62. The zero-order chi connectivity index (χ0) is 57.9. The van der Waals surface area contributed by atoms with Crippen LogP contribution >= 0.6 is 7.82 Å².